The molecule has 1 saturated heterocycles. The molecule has 102 valence electrons. The van der Waals surface area contributed by atoms with E-state index in [1.807, 2.05) is 0 Å². The van der Waals surface area contributed by atoms with Crippen LogP contribution in [0.4, 0.5) is 0 Å². The van der Waals surface area contributed by atoms with Gasteiger partial charge in [0.15, 0.2) is 0 Å². The van der Waals surface area contributed by atoms with Crippen LogP contribution in [0, 0.1) is 0 Å². The number of halogens is 1. The number of piperidine rings is 1. The maximum atomic E-state index is 12.5. The van der Waals surface area contributed by atoms with Gasteiger partial charge in [-0.15, -0.1) is 0 Å². The van der Waals surface area contributed by atoms with E-state index in [9.17, 15) is 9.59 Å². The average Bonchev–Trinajstić information content (AvgIpc) is 2.46. The first-order valence-corrected chi connectivity index (χ1v) is 7.07. The fraction of sp³-hybridized carbons (Fsp3) is 0.462. The third-order valence-corrected chi connectivity index (χ3v) is 3.93. The first-order valence-electron chi connectivity index (χ1n) is 6.28. The molecule has 19 heavy (non-hydrogen) atoms. The minimum Gasteiger partial charge on any atom is -0.357 e. The molecule has 1 aromatic rings. The lowest BCUT2D eigenvalue weighted by Crippen LogP contribution is -2.51. The predicted octanol–water partition coefficient (Wildman–Crippen LogP) is 1.58. The van der Waals surface area contributed by atoms with Gasteiger partial charge in [-0.1, -0.05) is 0 Å². The number of hydrogen-bond donors (Lipinski definition) is 1. The van der Waals surface area contributed by atoms with Crippen molar-refractivity contribution in [1.29, 1.82) is 0 Å². The lowest BCUT2D eigenvalue weighted by molar-refractivity contribution is -0.126. The summed E-state index contributed by atoms with van der Waals surface area (Å²) in [6, 6.07) is 3.06. The summed E-state index contributed by atoms with van der Waals surface area (Å²) in [7, 11) is 1.60. The molecule has 1 fully saturated rings. The van der Waals surface area contributed by atoms with Gasteiger partial charge in [-0.2, -0.15) is 0 Å². The zero-order valence-electron chi connectivity index (χ0n) is 10.7. The Balaban J connectivity index is 2.25. The first kappa shape index (κ1) is 14.0. The number of carbonyl (C=O) groups excluding carboxylic acids is 2. The number of likely N-dealkylation sites (N-methyl/N-ethyl adjacent to an activating group) is 1. The summed E-state index contributed by atoms with van der Waals surface area (Å²) in [4.78, 5) is 30.1. The van der Waals surface area contributed by atoms with E-state index in [2.05, 4.69) is 26.2 Å². The number of nitrogens with one attached hydrogen (secondary N) is 1. The molecule has 0 spiro atoms. The second-order valence-electron chi connectivity index (χ2n) is 4.47. The Hall–Kier alpha value is -1.43. The molecule has 0 aromatic carbocycles. The molecule has 2 amide bonds. The number of carbonyl (C=O) groups is 2. The molecule has 1 aliphatic heterocycles. The molecule has 1 aliphatic rings. The number of rotatable bonds is 2. The van der Waals surface area contributed by atoms with Gasteiger partial charge in [0.05, 0.1) is 5.56 Å². The Kier molecular flexibility index (Phi) is 4.52. The van der Waals surface area contributed by atoms with Crippen LogP contribution < -0.4 is 5.32 Å². The third-order valence-electron chi connectivity index (χ3n) is 3.30. The smallest absolute Gasteiger partial charge is 0.257 e. The van der Waals surface area contributed by atoms with E-state index in [0.29, 0.717) is 23.1 Å². The largest absolute Gasteiger partial charge is 0.357 e. The summed E-state index contributed by atoms with van der Waals surface area (Å²) in [5.74, 6) is -0.249. The van der Waals surface area contributed by atoms with Gasteiger partial charge in [0.1, 0.15) is 10.6 Å². The normalized spacial score (nSPS) is 19.1. The summed E-state index contributed by atoms with van der Waals surface area (Å²) in [5.41, 5.74) is 0.498. The van der Waals surface area contributed by atoms with Crippen molar-refractivity contribution in [2.24, 2.45) is 0 Å². The van der Waals surface area contributed by atoms with Crippen molar-refractivity contribution in [3.8, 4) is 0 Å². The zero-order valence-corrected chi connectivity index (χ0v) is 12.3. The van der Waals surface area contributed by atoms with Crippen LogP contribution in [0.1, 0.15) is 29.6 Å². The van der Waals surface area contributed by atoms with Gasteiger partial charge >= 0.3 is 0 Å². The van der Waals surface area contributed by atoms with Crippen molar-refractivity contribution >= 4 is 27.7 Å². The van der Waals surface area contributed by atoms with Crippen LogP contribution in [-0.4, -0.2) is 41.3 Å². The van der Waals surface area contributed by atoms with Gasteiger partial charge in [-0.3, -0.25) is 9.59 Å². The van der Waals surface area contributed by atoms with Gasteiger partial charge in [-0.05, 0) is 47.3 Å². The molecule has 0 saturated carbocycles. The van der Waals surface area contributed by atoms with Crippen LogP contribution in [-0.2, 0) is 4.79 Å². The number of amides is 2. The highest BCUT2D eigenvalue weighted by Crippen LogP contribution is 2.22. The van der Waals surface area contributed by atoms with Crippen LogP contribution in [0.5, 0.6) is 0 Å². The molecule has 1 N–H and O–H groups in total. The second kappa shape index (κ2) is 6.14. The summed E-state index contributed by atoms with van der Waals surface area (Å²) in [6.07, 6.45) is 4.23. The van der Waals surface area contributed by atoms with E-state index in [1.165, 1.54) is 0 Å². The zero-order chi connectivity index (χ0) is 13.8. The summed E-state index contributed by atoms with van der Waals surface area (Å²) in [5, 5.41) is 2.63. The van der Waals surface area contributed by atoms with E-state index in [0.717, 1.165) is 12.8 Å². The monoisotopic (exact) mass is 325 g/mol. The average molecular weight is 326 g/mol. The van der Waals surface area contributed by atoms with Crippen molar-refractivity contribution in [3.63, 3.8) is 0 Å². The van der Waals surface area contributed by atoms with E-state index in [1.54, 1.807) is 30.3 Å². The molecule has 2 heterocycles. The summed E-state index contributed by atoms with van der Waals surface area (Å²) in [6.45, 7) is 0.609. The van der Waals surface area contributed by atoms with Crippen LogP contribution in [0.15, 0.2) is 22.9 Å². The van der Waals surface area contributed by atoms with Crippen molar-refractivity contribution in [3.05, 3.63) is 28.5 Å². The van der Waals surface area contributed by atoms with Gasteiger partial charge in [0.25, 0.3) is 5.91 Å². The fourth-order valence-corrected chi connectivity index (χ4v) is 2.73. The number of aromatic nitrogens is 1. The van der Waals surface area contributed by atoms with Gasteiger partial charge < -0.3 is 10.2 Å². The number of hydrogen-bond acceptors (Lipinski definition) is 3. The minimum atomic E-state index is -0.377. The maximum Gasteiger partial charge on any atom is 0.257 e. The van der Waals surface area contributed by atoms with Crippen LogP contribution in [0.25, 0.3) is 0 Å². The van der Waals surface area contributed by atoms with Crippen molar-refractivity contribution in [1.82, 2.24) is 15.2 Å². The van der Waals surface area contributed by atoms with Crippen molar-refractivity contribution in [2.75, 3.05) is 13.6 Å². The quantitative estimate of drug-likeness (QED) is 0.840. The minimum absolute atomic E-state index is 0.104. The number of likely N-dealkylation sites (tertiary alicyclic amines) is 1. The van der Waals surface area contributed by atoms with E-state index in [4.69, 9.17) is 0 Å². The second-order valence-corrected chi connectivity index (χ2v) is 5.22. The van der Waals surface area contributed by atoms with E-state index < -0.39 is 0 Å². The maximum absolute atomic E-state index is 12.5. The van der Waals surface area contributed by atoms with Crippen molar-refractivity contribution in [2.45, 2.75) is 25.3 Å². The van der Waals surface area contributed by atoms with E-state index in [-0.39, 0.29) is 17.9 Å². The molecule has 6 heteroatoms. The lowest BCUT2D eigenvalue weighted by Gasteiger charge is -2.34. The molecule has 0 aliphatic carbocycles. The number of nitrogens with zero attached hydrogens (tertiary/aromatic N) is 2. The Morgan fingerprint density at radius 2 is 2.26 bits per heavy atom. The SMILES string of the molecule is CNC(=O)C1CCCCN1C(=O)c1cccnc1Br. The third kappa shape index (κ3) is 2.94. The van der Waals surface area contributed by atoms with Crippen LogP contribution in [0.3, 0.4) is 0 Å². The standard InChI is InChI=1S/C13H16BrN3O2/c1-15-12(18)10-6-2-3-8-17(10)13(19)9-5-4-7-16-11(9)14/h4-5,7,10H,2-3,6,8H2,1H3,(H,15,18). The number of pyridine rings is 1. The molecule has 1 unspecified atom stereocenters. The molecule has 2 rings (SSSR count). The Morgan fingerprint density at radius 1 is 1.47 bits per heavy atom. The molecule has 0 bridgehead atoms. The Labute approximate surface area is 120 Å². The summed E-state index contributed by atoms with van der Waals surface area (Å²) >= 11 is 3.28. The topological polar surface area (TPSA) is 62.3 Å². The Morgan fingerprint density at radius 3 is 2.95 bits per heavy atom. The molecule has 1 aromatic heterocycles. The van der Waals surface area contributed by atoms with E-state index >= 15 is 0 Å². The van der Waals surface area contributed by atoms with Gasteiger partial charge in [0, 0.05) is 19.8 Å². The molecule has 5 nitrogen and oxygen atoms in total. The molecular weight excluding hydrogens is 310 g/mol. The summed E-state index contributed by atoms with van der Waals surface area (Å²) < 4.78 is 0.515. The highest BCUT2D eigenvalue weighted by atomic mass is 79.9. The Bertz CT molecular complexity index is 493. The van der Waals surface area contributed by atoms with Crippen LogP contribution in [0.2, 0.25) is 0 Å². The van der Waals surface area contributed by atoms with Crippen molar-refractivity contribution < 1.29 is 9.59 Å². The fourth-order valence-electron chi connectivity index (χ4n) is 2.31. The lowest BCUT2D eigenvalue weighted by atomic mass is 10.0. The highest BCUT2D eigenvalue weighted by Gasteiger charge is 2.32. The van der Waals surface area contributed by atoms with Gasteiger partial charge in [0.2, 0.25) is 5.91 Å². The van der Waals surface area contributed by atoms with Crippen LogP contribution >= 0.6 is 15.9 Å². The molecule has 0 radical (unpaired) electrons. The first-order chi connectivity index (χ1) is 9.15. The molecule has 1 atom stereocenters. The highest BCUT2D eigenvalue weighted by molar-refractivity contribution is 9.10. The molecular formula is C13H16BrN3O2. The predicted molar refractivity (Wildman–Crippen MR) is 74.7 cm³/mol. The van der Waals surface area contributed by atoms with Gasteiger partial charge in [-0.25, -0.2) is 4.98 Å².